The molecule has 610 valence electrons. The fraction of sp³-hybridized carbons (Fsp3) is 0.570. The van der Waals surface area contributed by atoms with Crippen LogP contribution in [0.15, 0.2) is 96.6 Å². The number of rotatable bonds is 42. The molecule has 2 heterocycles. The maximum absolute atomic E-state index is 18.1. The zero-order valence-corrected chi connectivity index (χ0v) is 64.5. The lowest BCUT2D eigenvalue weighted by Crippen LogP contribution is -2.71. The molecule has 9 rings (SSSR count). The normalized spacial score (nSPS) is 24.7. The van der Waals surface area contributed by atoms with Crippen molar-refractivity contribution in [1.29, 1.82) is 0 Å². The van der Waals surface area contributed by atoms with Crippen LogP contribution in [0.1, 0.15) is 128 Å². The van der Waals surface area contributed by atoms with Gasteiger partial charge in [0.2, 0.25) is 47.1 Å². The number of aliphatic hydroxyl groups is 1. The third-order valence-corrected chi connectivity index (χ3v) is 22.3. The Morgan fingerprint density at radius 2 is 1.37 bits per heavy atom. The molecule has 0 radical (unpaired) electrons. The average Bonchev–Trinajstić information content (AvgIpc) is 1.47. The van der Waals surface area contributed by atoms with Crippen LogP contribution in [0.2, 0.25) is 0 Å². The highest BCUT2D eigenvalue weighted by atomic mass is 32.2. The number of nitrogens with one attached hydrogen (secondary N) is 7. The molecule has 1 unspecified atom stereocenters. The lowest BCUT2D eigenvalue weighted by Gasteiger charge is -2.63. The van der Waals surface area contributed by atoms with E-state index in [4.69, 9.17) is 43.4 Å². The standard InChI is InChI=1S/C79H103F2N9O21S/c1-6-12-70-110-65-45-56-57-44-59(80)58-43-54(91)28-30-76(58,4)78(57,81)63(92)46-77(56,5)79(65,111-70)64(93)48-109-55-22-20-53(21-23-55)86-72(98)60(16-11-31-85-75(82)101)88-74(100)71(49(2)3)89-73(99)61(24-25-66(94)84-33-42-112(102,103)104)87-68(96)29-34-105-36-38-107-40-41-108-39-37-106-35-32-83-67(95)26-27-69(97)90-47-52-15-8-7-13-50(52)18-19-51-14-9-10-17-62(51)90/h7-10,13-15,17,20-23,28,30,43,49,56-57,59-61,63,65,70-71,92H,6,11-12,16,24-27,29,31-42,44-48H2,1-5H3,(H,83,95)(H,84,94)(H,86,98)(H,87,96)(H,88,100)(H,89,99)(H3,82,85,101)(H,102,103,104)/t56-,57-,59-,60-,61+,63-,65+,70?,71-,76-,77-,78-,79+/m0/s1. The number of allylic oxidation sites excluding steroid dienone is 4. The molecular weight excluding hydrogens is 1480 g/mol. The molecule has 33 heteroatoms. The summed E-state index contributed by atoms with van der Waals surface area (Å²) in [5.41, 5.74) is 1.57. The van der Waals surface area contributed by atoms with Crippen LogP contribution in [0.3, 0.4) is 0 Å². The molecule has 3 aromatic rings. The number of alkyl halides is 2. The number of fused-ring (bicyclic) bond motifs is 9. The van der Waals surface area contributed by atoms with Crippen molar-refractivity contribution in [3.05, 3.63) is 113 Å². The number of primary amides is 1. The second-order valence-corrected chi connectivity index (χ2v) is 31.1. The molecule has 13 atom stereocenters. The van der Waals surface area contributed by atoms with Gasteiger partial charge in [-0.3, -0.25) is 47.7 Å². The minimum atomic E-state index is -4.43. The first-order valence-corrected chi connectivity index (χ1v) is 39.6. The number of ether oxygens (including phenoxy) is 7. The van der Waals surface area contributed by atoms with Gasteiger partial charge in [-0.2, -0.15) is 8.42 Å². The summed E-state index contributed by atoms with van der Waals surface area (Å²) in [5.74, 6) is -2.13. The molecule has 2 aliphatic heterocycles. The number of nitrogens with two attached hydrogens (primary N) is 1. The molecule has 11 N–H and O–H groups in total. The lowest BCUT2D eigenvalue weighted by molar-refractivity contribution is -0.234. The van der Waals surface area contributed by atoms with Crippen LogP contribution in [-0.4, -0.2) is 216 Å². The number of ketones is 2. The van der Waals surface area contributed by atoms with Crippen molar-refractivity contribution in [2.75, 3.05) is 95.1 Å². The number of aliphatic hydroxyl groups excluding tert-OH is 1. The summed E-state index contributed by atoms with van der Waals surface area (Å²) >= 11 is 0. The number of halogens is 2. The summed E-state index contributed by atoms with van der Waals surface area (Å²) in [7, 11) is -4.43. The number of amides is 9. The van der Waals surface area contributed by atoms with Crippen LogP contribution in [0.25, 0.3) is 0 Å². The molecule has 1 saturated heterocycles. The van der Waals surface area contributed by atoms with Crippen LogP contribution in [0, 0.1) is 40.4 Å². The molecule has 0 bridgehead atoms. The van der Waals surface area contributed by atoms with E-state index in [9.17, 15) is 61.5 Å². The Kier molecular flexibility index (Phi) is 30.7. The summed E-state index contributed by atoms with van der Waals surface area (Å²) in [6, 6.07) is 15.9. The lowest BCUT2D eigenvalue weighted by atomic mass is 9.44. The number of hydrogen-bond acceptors (Lipinski definition) is 20. The van der Waals surface area contributed by atoms with Crippen molar-refractivity contribution >= 4 is 80.4 Å². The second-order valence-electron chi connectivity index (χ2n) is 29.5. The van der Waals surface area contributed by atoms with Crippen LogP contribution in [0.5, 0.6) is 5.75 Å². The Morgan fingerprint density at radius 1 is 0.723 bits per heavy atom. The third-order valence-electron chi connectivity index (χ3n) is 21.6. The number of benzene rings is 3. The number of anilines is 2. The SMILES string of the molecule is CCCC1O[C@@H]2C[C@H]3[C@@H]4C[C@H](F)C5=CC(=O)C=C[C@]5(C)[C@@]4(F)[C@@H](O)C[C@]3(C)[C@]2(C(=O)COc2ccc(NC(=O)[C@H](CCCNC(N)=O)NC(=O)[C@@H](NC(=O)[C@@H](CCC(=O)NCCS(=O)(=O)O)NC(=O)CCOCCOCCOCCOCCNC(=O)CCC(=O)N3Cc4ccccc4C#Cc4ccccc43)C(C)C)cc2)O1. The van der Waals surface area contributed by atoms with E-state index in [0.717, 1.165) is 22.8 Å². The van der Waals surface area contributed by atoms with Gasteiger partial charge in [-0.25, -0.2) is 13.6 Å². The van der Waals surface area contributed by atoms with Gasteiger partial charge in [0, 0.05) is 78.9 Å². The van der Waals surface area contributed by atoms with Crippen molar-refractivity contribution in [3.63, 3.8) is 0 Å². The molecule has 112 heavy (non-hydrogen) atoms. The smallest absolute Gasteiger partial charge is 0.312 e. The highest BCUT2D eigenvalue weighted by Gasteiger charge is 2.80. The molecule has 0 spiro atoms. The zero-order chi connectivity index (χ0) is 81.0. The molecule has 9 amide bonds. The van der Waals surface area contributed by atoms with Gasteiger partial charge in [0.1, 0.15) is 36.7 Å². The molecule has 3 aromatic carbocycles. The van der Waals surface area contributed by atoms with E-state index < -0.39 is 165 Å². The Bertz CT molecular complexity index is 4140. The molecular formula is C79H103F2N9O21S. The van der Waals surface area contributed by atoms with Gasteiger partial charge in [0.05, 0.1) is 83.0 Å². The molecule has 4 fully saturated rings. The number of carbonyl (C=O) groups is 10. The third kappa shape index (κ3) is 21.6. The summed E-state index contributed by atoms with van der Waals surface area (Å²) in [5, 5.41) is 30.2. The fourth-order valence-corrected chi connectivity index (χ4v) is 16.3. The van der Waals surface area contributed by atoms with E-state index in [-0.39, 0.29) is 153 Å². The Morgan fingerprint density at radius 3 is 2.05 bits per heavy atom. The van der Waals surface area contributed by atoms with Gasteiger partial charge >= 0.3 is 6.03 Å². The first-order valence-electron chi connectivity index (χ1n) is 38.0. The monoisotopic (exact) mass is 1580 g/mol. The van der Waals surface area contributed by atoms with Gasteiger partial charge in [-0.1, -0.05) is 82.4 Å². The molecule has 4 aliphatic carbocycles. The fourth-order valence-electron chi connectivity index (χ4n) is 15.9. The minimum absolute atomic E-state index is 0.000721. The Hall–Kier alpha value is -9.11. The molecule has 0 aromatic heterocycles. The summed E-state index contributed by atoms with van der Waals surface area (Å²) in [6.45, 7) is 9.11. The summed E-state index contributed by atoms with van der Waals surface area (Å²) in [6.07, 6.45) is -1.86. The van der Waals surface area contributed by atoms with Crippen LogP contribution in [0.4, 0.5) is 25.0 Å². The van der Waals surface area contributed by atoms with Gasteiger partial charge < -0.3 is 86.1 Å². The van der Waals surface area contributed by atoms with Gasteiger partial charge in [0.15, 0.2) is 23.3 Å². The topological polar surface area (TPSA) is 423 Å². The highest BCUT2D eigenvalue weighted by molar-refractivity contribution is 7.85. The van der Waals surface area contributed by atoms with Crippen molar-refractivity contribution in [2.45, 2.75) is 172 Å². The number of nitrogens with zero attached hydrogens (tertiary/aromatic N) is 1. The van der Waals surface area contributed by atoms with E-state index in [1.165, 1.54) is 43.3 Å². The average molecular weight is 1580 g/mol. The quantitative estimate of drug-likeness (QED) is 0.0213. The first kappa shape index (κ1) is 86.9. The van der Waals surface area contributed by atoms with Crippen molar-refractivity contribution < 1.29 is 108 Å². The van der Waals surface area contributed by atoms with Crippen molar-refractivity contribution in [1.82, 2.24) is 31.9 Å². The van der Waals surface area contributed by atoms with E-state index in [1.807, 2.05) is 55.5 Å². The summed E-state index contributed by atoms with van der Waals surface area (Å²) in [4.78, 5) is 136. The predicted octanol–water partition coefficient (Wildman–Crippen LogP) is 4.42. The summed E-state index contributed by atoms with van der Waals surface area (Å²) < 4.78 is 108. The molecule has 6 aliphatic rings. The van der Waals surface area contributed by atoms with Gasteiger partial charge in [-0.05, 0) is 129 Å². The highest BCUT2D eigenvalue weighted by Crippen LogP contribution is 2.72. The van der Waals surface area contributed by atoms with Crippen molar-refractivity contribution in [2.24, 2.45) is 34.3 Å². The Labute approximate surface area is 650 Å². The Balaban J connectivity index is 0.713. The van der Waals surface area contributed by atoms with E-state index in [2.05, 4.69) is 49.1 Å². The predicted molar refractivity (Wildman–Crippen MR) is 403 cm³/mol. The van der Waals surface area contributed by atoms with Crippen molar-refractivity contribution in [3.8, 4) is 17.6 Å². The maximum atomic E-state index is 18.1. The largest absolute Gasteiger partial charge is 0.486 e. The molecule has 3 saturated carbocycles. The van der Waals surface area contributed by atoms with Gasteiger partial charge in [0.25, 0.3) is 10.1 Å². The molecule has 30 nitrogen and oxygen atoms in total. The van der Waals surface area contributed by atoms with E-state index >= 15 is 8.78 Å². The maximum Gasteiger partial charge on any atom is 0.312 e. The number of Topliss-reactive ketones (excluding diaryl/α,β-unsaturated/α-hetero) is 1. The van der Waals surface area contributed by atoms with Crippen LogP contribution < -0.4 is 52.6 Å². The zero-order valence-electron chi connectivity index (χ0n) is 63.7. The number of hydrogen-bond donors (Lipinski definition) is 10. The number of urea groups is 1. The van der Waals surface area contributed by atoms with E-state index in [1.54, 1.807) is 25.7 Å². The second kappa shape index (κ2) is 39.6. The minimum Gasteiger partial charge on any atom is -0.486 e. The van der Waals surface area contributed by atoms with Crippen LogP contribution in [-0.2, 0) is 88.2 Å². The number of carbonyl (C=O) groups excluding carboxylic acids is 10. The number of para-hydroxylation sites is 1. The van der Waals surface area contributed by atoms with E-state index in [0.29, 0.717) is 25.1 Å². The van der Waals surface area contributed by atoms with Gasteiger partial charge in [-0.15, -0.1) is 0 Å². The first-order chi connectivity index (χ1) is 53.4. The van der Waals surface area contributed by atoms with Crippen LogP contribution >= 0.6 is 0 Å².